The zero-order valence-electron chi connectivity index (χ0n) is 24.4. The van der Waals surface area contributed by atoms with E-state index in [1.807, 2.05) is 0 Å². The Hall–Kier alpha value is -2.50. The van der Waals surface area contributed by atoms with Crippen LogP contribution in [0.15, 0.2) is 31.3 Å². The van der Waals surface area contributed by atoms with E-state index in [0.29, 0.717) is 21.5 Å². The third-order valence-electron chi connectivity index (χ3n) is 9.83. The Bertz CT molecular complexity index is 1260. The first-order valence-electron chi connectivity index (χ1n) is 16.5. The molecule has 2 saturated carbocycles. The predicted octanol–water partition coefficient (Wildman–Crippen LogP) is 7.60. The minimum Gasteiger partial charge on any atom is -0.271 e. The highest BCUT2D eigenvalue weighted by Crippen LogP contribution is 2.27. The van der Waals surface area contributed by atoms with Gasteiger partial charge >= 0.3 is 0 Å². The highest BCUT2D eigenvalue weighted by Gasteiger charge is 2.25. The van der Waals surface area contributed by atoms with Gasteiger partial charge in [-0.1, -0.05) is 116 Å². The lowest BCUT2D eigenvalue weighted by Crippen LogP contribution is -2.31. The van der Waals surface area contributed by atoms with Gasteiger partial charge in [0, 0.05) is 12.1 Å². The molecule has 0 spiro atoms. The molecular weight excluding hydrogens is 500 g/mol. The van der Waals surface area contributed by atoms with Crippen molar-refractivity contribution >= 4 is 21.5 Å². The summed E-state index contributed by atoms with van der Waals surface area (Å²) in [7, 11) is 0. The number of fused-ring (bicyclic) bond motifs is 2. The van der Waals surface area contributed by atoms with Crippen LogP contribution in [0.25, 0.3) is 21.5 Å². The second-order valence-corrected chi connectivity index (χ2v) is 12.7. The van der Waals surface area contributed by atoms with Crippen molar-refractivity contribution in [2.45, 2.75) is 153 Å². The van der Waals surface area contributed by atoms with E-state index in [0.717, 1.165) is 77.0 Å². The molecule has 2 aromatic heterocycles. The van der Waals surface area contributed by atoms with E-state index in [1.54, 1.807) is 12.1 Å². The molecule has 0 atom stereocenters. The summed E-state index contributed by atoms with van der Waals surface area (Å²) >= 11 is 0. The Morgan fingerprint density at radius 1 is 0.350 bits per heavy atom. The Morgan fingerprint density at radius 2 is 0.550 bits per heavy atom. The van der Waals surface area contributed by atoms with E-state index >= 15 is 0 Å². The number of aromatic nitrogens is 2. The lowest BCUT2D eigenvalue weighted by molar-refractivity contribution is 0.377. The van der Waals surface area contributed by atoms with Gasteiger partial charge < -0.3 is 0 Å². The van der Waals surface area contributed by atoms with Crippen molar-refractivity contribution in [1.82, 2.24) is 9.13 Å². The maximum atomic E-state index is 13.7. The monoisotopic (exact) mass is 548 g/mol. The number of rotatable bonds is 2. The highest BCUT2D eigenvalue weighted by molar-refractivity contribution is 5.97. The van der Waals surface area contributed by atoms with E-state index in [-0.39, 0.29) is 34.3 Å². The summed E-state index contributed by atoms with van der Waals surface area (Å²) in [5.74, 6) is 0. The van der Waals surface area contributed by atoms with Gasteiger partial charge in [-0.25, -0.2) is 0 Å². The quantitative estimate of drug-likeness (QED) is 0.330. The molecule has 2 aliphatic carbocycles. The molecule has 40 heavy (non-hydrogen) atoms. The van der Waals surface area contributed by atoms with Crippen molar-refractivity contribution in [3.8, 4) is 0 Å². The summed E-state index contributed by atoms with van der Waals surface area (Å²) in [6.45, 7) is 0. The average Bonchev–Trinajstić information content (AvgIpc) is 3.32. The minimum atomic E-state index is -0.287. The third kappa shape index (κ3) is 6.36. The van der Waals surface area contributed by atoms with Crippen molar-refractivity contribution < 1.29 is 0 Å². The molecule has 6 nitrogen and oxygen atoms in total. The lowest BCUT2D eigenvalue weighted by Gasteiger charge is -2.18. The number of nitrogens with zero attached hydrogens (tertiary/aromatic N) is 2. The molecule has 0 aliphatic heterocycles. The number of hydrogen-bond donors (Lipinski definition) is 0. The summed E-state index contributed by atoms with van der Waals surface area (Å²) in [6.07, 6.45) is 24.5. The van der Waals surface area contributed by atoms with Crippen molar-refractivity contribution in [3.05, 3.63) is 53.5 Å². The van der Waals surface area contributed by atoms with Gasteiger partial charge in [0.15, 0.2) is 0 Å². The van der Waals surface area contributed by atoms with Crippen molar-refractivity contribution in [3.63, 3.8) is 0 Å². The molecule has 5 rings (SSSR count). The standard InChI is InChI=1S/C34H48N2O4/c37-31-27-23-29-30(34(40)36(33(29)39)26-21-17-13-9-5-2-6-10-14-18-22-26)24-28(27)32(38)35(31)25-19-15-11-7-3-1-4-8-12-16-20-25/h23-26H,1-22H2. The maximum absolute atomic E-state index is 13.7. The van der Waals surface area contributed by atoms with E-state index in [1.165, 1.54) is 73.3 Å². The van der Waals surface area contributed by atoms with Crippen molar-refractivity contribution in [1.29, 1.82) is 0 Å². The largest absolute Gasteiger partial charge is 0.271 e. The SMILES string of the molecule is O=c1c2cc3c(=O)n(C4CCCCCCCCCCC4)c(=O)c3cc2c(=O)n1C1CCCCCCCCCCC1. The molecule has 0 unspecified atom stereocenters. The Morgan fingerprint density at radius 3 is 0.775 bits per heavy atom. The molecular formula is C34H48N2O4. The fourth-order valence-electron chi connectivity index (χ4n) is 7.47. The van der Waals surface area contributed by atoms with Crippen molar-refractivity contribution in [2.24, 2.45) is 0 Å². The van der Waals surface area contributed by atoms with E-state index < -0.39 is 0 Å². The zero-order valence-corrected chi connectivity index (χ0v) is 24.4. The molecule has 218 valence electrons. The highest BCUT2D eigenvalue weighted by atomic mass is 16.2. The van der Waals surface area contributed by atoms with Crippen LogP contribution < -0.4 is 22.2 Å². The normalized spacial score (nSPS) is 21.0. The molecule has 0 bridgehead atoms. The predicted molar refractivity (Wildman–Crippen MR) is 165 cm³/mol. The maximum Gasteiger partial charge on any atom is 0.261 e. The van der Waals surface area contributed by atoms with Crippen LogP contribution in [0.2, 0.25) is 0 Å². The van der Waals surface area contributed by atoms with Crippen LogP contribution in [-0.4, -0.2) is 9.13 Å². The first kappa shape index (κ1) is 29.0. The molecule has 0 radical (unpaired) electrons. The summed E-state index contributed by atoms with van der Waals surface area (Å²) in [5.41, 5.74) is -1.15. The van der Waals surface area contributed by atoms with Crippen molar-refractivity contribution in [2.75, 3.05) is 0 Å². The van der Waals surface area contributed by atoms with Crippen LogP contribution in [0.1, 0.15) is 153 Å². The molecule has 2 aliphatic rings. The second kappa shape index (κ2) is 13.9. The molecule has 3 aromatic rings. The van der Waals surface area contributed by atoms with Gasteiger partial charge in [0.05, 0.1) is 21.5 Å². The third-order valence-corrected chi connectivity index (χ3v) is 9.83. The molecule has 2 fully saturated rings. The fourth-order valence-corrected chi connectivity index (χ4v) is 7.47. The van der Waals surface area contributed by atoms with Crippen LogP contribution in [0.5, 0.6) is 0 Å². The van der Waals surface area contributed by atoms with Gasteiger partial charge in [-0.3, -0.25) is 28.3 Å². The number of benzene rings is 1. The molecule has 2 heterocycles. The summed E-state index contributed by atoms with van der Waals surface area (Å²) < 4.78 is 2.93. The molecule has 1 aromatic carbocycles. The minimum absolute atomic E-state index is 0.110. The Balaban J connectivity index is 1.49. The first-order valence-corrected chi connectivity index (χ1v) is 16.5. The lowest BCUT2D eigenvalue weighted by atomic mass is 9.98. The summed E-state index contributed by atoms with van der Waals surface area (Å²) in [6, 6.07) is 2.91. The van der Waals surface area contributed by atoms with Gasteiger partial charge in [0.1, 0.15) is 0 Å². The summed E-state index contributed by atoms with van der Waals surface area (Å²) in [5, 5.41) is 1.21. The number of hydrogen-bond acceptors (Lipinski definition) is 4. The zero-order chi connectivity index (χ0) is 27.9. The topological polar surface area (TPSA) is 78.1 Å². The molecule has 0 N–H and O–H groups in total. The smallest absolute Gasteiger partial charge is 0.261 e. The van der Waals surface area contributed by atoms with Crippen LogP contribution in [-0.2, 0) is 0 Å². The van der Waals surface area contributed by atoms with E-state index in [9.17, 15) is 19.2 Å². The molecule has 6 heteroatoms. The average molecular weight is 549 g/mol. The van der Waals surface area contributed by atoms with E-state index in [2.05, 4.69) is 0 Å². The van der Waals surface area contributed by atoms with Crippen LogP contribution in [0.3, 0.4) is 0 Å². The first-order chi connectivity index (χ1) is 19.6. The van der Waals surface area contributed by atoms with Gasteiger partial charge in [-0.05, 0) is 37.8 Å². The van der Waals surface area contributed by atoms with Crippen LogP contribution in [0, 0.1) is 0 Å². The molecule has 0 amide bonds. The van der Waals surface area contributed by atoms with Gasteiger partial charge in [0.2, 0.25) is 0 Å². The Labute approximate surface area is 237 Å². The van der Waals surface area contributed by atoms with Crippen LogP contribution in [0.4, 0.5) is 0 Å². The molecule has 0 saturated heterocycles. The van der Waals surface area contributed by atoms with Gasteiger partial charge in [0.25, 0.3) is 22.2 Å². The van der Waals surface area contributed by atoms with E-state index in [4.69, 9.17) is 0 Å². The fraction of sp³-hybridized carbons (Fsp3) is 0.706. The second-order valence-electron chi connectivity index (χ2n) is 12.7. The Kier molecular flexibility index (Phi) is 10.1. The van der Waals surface area contributed by atoms with Gasteiger partial charge in [-0.15, -0.1) is 0 Å². The van der Waals surface area contributed by atoms with Crippen LogP contribution >= 0.6 is 0 Å². The van der Waals surface area contributed by atoms with Gasteiger partial charge in [-0.2, -0.15) is 0 Å². The summed E-state index contributed by atoms with van der Waals surface area (Å²) in [4.78, 5) is 54.7.